The summed E-state index contributed by atoms with van der Waals surface area (Å²) < 4.78 is 28.1. The predicted molar refractivity (Wildman–Crippen MR) is 84.0 cm³/mol. The molecule has 3 atom stereocenters. The summed E-state index contributed by atoms with van der Waals surface area (Å²) in [5.74, 6) is 0.256. The lowest BCUT2D eigenvalue weighted by atomic mass is 10.0. The molecule has 22 heavy (non-hydrogen) atoms. The van der Waals surface area contributed by atoms with E-state index in [1.807, 2.05) is 0 Å². The minimum absolute atomic E-state index is 0.0174. The SMILES string of the molecule is C=CS(=O)(=O)c1cccc(C(N)=O)c1.CCC1CC2CC1O2. The Hall–Kier alpha value is -1.66. The standard InChI is InChI=1S/C9H9NO3S.C7H12O/c1-2-14(12,13)8-5-3-4-7(6-8)9(10)11;1-2-5-3-6-4-7(5)8-6/h2-6H,1H2,(H2,10,11);5-7H,2-4H2,1H3. The Morgan fingerprint density at radius 2 is 2.14 bits per heavy atom. The molecule has 1 amide bonds. The minimum Gasteiger partial charge on any atom is -0.374 e. The van der Waals surface area contributed by atoms with E-state index >= 15 is 0 Å². The number of rotatable bonds is 4. The van der Waals surface area contributed by atoms with Crippen LogP contribution in [0.2, 0.25) is 0 Å². The van der Waals surface area contributed by atoms with Crippen molar-refractivity contribution in [3.8, 4) is 0 Å². The quantitative estimate of drug-likeness (QED) is 0.921. The molecular formula is C16H21NO4S. The third kappa shape index (κ3) is 3.56. The number of carbonyl (C=O) groups is 1. The number of amides is 1. The first-order valence-corrected chi connectivity index (χ1v) is 8.84. The van der Waals surface area contributed by atoms with Crippen LogP contribution in [0.1, 0.15) is 36.5 Å². The van der Waals surface area contributed by atoms with Crippen molar-refractivity contribution in [3.63, 3.8) is 0 Å². The van der Waals surface area contributed by atoms with E-state index in [9.17, 15) is 13.2 Å². The second kappa shape index (κ2) is 6.62. The van der Waals surface area contributed by atoms with Crippen LogP contribution in [-0.2, 0) is 14.6 Å². The van der Waals surface area contributed by atoms with Crippen LogP contribution >= 0.6 is 0 Å². The Kier molecular flexibility index (Phi) is 5.03. The molecule has 0 spiro atoms. The Balaban J connectivity index is 0.000000183. The van der Waals surface area contributed by atoms with Crippen molar-refractivity contribution in [3.05, 3.63) is 41.8 Å². The summed E-state index contributed by atoms with van der Waals surface area (Å²) in [4.78, 5) is 10.8. The highest BCUT2D eigenvalue weighted by atomic mass is 32.2. The number of carbonyl (C=O) groups excluding carboxylic acids is 1. The number of hydrogen-bond donors (Lipinski definition) is 1. The summed E-state index contributed by atoms with van der Waals surface area (Å²) in [6, 6.07) is 5.50. The molecule has 0 aromatic heterocycles. The Morgan fingerprint density at radius 1 is 1.45 bits per heavy atom. The maximum absolute atomic E-state index is 11.3. The fraction of sp³-hybridized carbons (Fsp3) is 0.438. The number of hydrogen-bond acceptors (Lipinski definition) is 4. The van der Waals surface area contributed by atoms with Gasteiger partial charge in [-0.05, 0) is 30.5 Å². The molecule has 2 aliphatic heterocycles. The van der Waals surface area contributed by atoms with Crippen molar-refractivity contribution >= 4 is 15.7 Å². The molecule has 2 bridgehead atoms. The first-order chi connectivity index (χ1) is 10.4. The van der Waals surface area contributed by atoms with E-state index in [1.165, 1.54) is 43.5 Å². The molecule has 1 aromatic carbocycles. The van der Waals surface area contributed by atoms with Crippen LogP contribution in [0, 0.1) is 5.92 Å². The molecule has 4 rings (SSSR count). The molecule has 3 aliphatic rings. The highest BCUT2D eigenvalue weighted by Gasteiger charge is 2.44. The van der Waals surface area contributed by atoms with Crippen molar-refractivity contribution in [2.45, 2.75) is 43.3 Å². The van der Waals surface area contributed by atoms with E-state index in [4.69, 9.17) is 10.5 Å². The van der Waals surface area contributed by atoms with Crippen LogP contribution in [0.25, 0.3) is 0 Å². The Labute approximate surface area is 131 Å². The van der Waals surface area contributed by atoms with Crippen molar-refractivity contribution in [1.29, 1.82) is 0 Å². The second-order valence-electron chi connectivity index (χ2n) is 5.54. The van der Waals surface area contributed by atoms with Gasteiger partial charge in [-0.1, -0.05) is 26.0 Å². The van der Waals surface area contributed by atoms with E-state index in [-0.39, 0.29) is 10.5 Å². The van der Waals surface area contributed by atoms with Crippen LogP contribution in [0.3, 0.4) is 0 Å². The van der Waals surface area contributed by atoms with Crippen LogP contribution < -0.4 is 5.73 Å². The minimum atomic E-state index is -3.50. The second-order valence-corrected chi connectivity index (χ2v) is 7.43. The van der Waals surface area contributed by atoms with E-state index in [1.54, 1.807) is 0 Å². The van der Waals surface area contributed by atoms with Gasteiger partial charge in [-0.2, -0.15) is 0 Å². The normalized spacial score (nSPS) is 25.6. The van der Waals surface area contributed by atoms with Gasteiger partial charge in [-0.3, -0.25) is 4.79 Å². The lowest BCUT2D eigenvalue weighted by molar-refractivity contribution is -0.0747. The van der Waals surface area contributed by atoms with Crippen LogP contribution in [0.4, 0.5) is 0 Å². The summed E-state index contributed by atoms with van der Waals surface area (Å²) >= 11 is 0. The molecule has 3 unspecified atom stereocenters. The van der Waals surface area contributed by atoms with Gasteiger partial charge in [0.15, 0.2) is 9.84 Å². The zero-order valence-corrected chi connectivity index (χ0v) is 13.4. The van der Waals surface area contributed by atoms with Crippen molar-refractivity contribution < 1.29 is 17.9 Å². The van der Waals surface area contributed by atoms with E-state index < -0.39 is 15.7 Å². The van der Waals surface area contributed by atoms with Crippen molar-refractivity contribution in [2.24, 2.45) is 11.7 Å². The van der Waals surface area contributed by atoms with Crippen LogP contribution in [-0.4, -0.2) is 26.5 Å². The first-order valence-electron chi connectivity index (χ1n) is 7.30. The van der Waals surface area contributed by atoms with Crippen LogP contribution in [0.15, 0.2) is 41.1 Å². The van der Waals surface area contributed by atoms with Gasteiger partial charge in [0.25, 0.3) is 0 Å². The molecule has 6 heteroatoms. The predicted octanol–water partition coefficient (Wildman–Crippen LogP) is 2.28. The van der Waals surface area contributed by atoms with Gasteiger partial charge < -0.3 is 10.5 Å². The summed E-state index contributed by atoms with van der Waals surface area (Å²) in [7, 11) is -3.50. The zero-order chi connectivity index (χ0) is 16.3. The van der Waals surface area contributed by atoms with Gasteiger partial charge >= 0.3 is 0 Å². The smallest absolute Gasteiger partial charge is 0.248 e. The monoisotopic (exact) mass is 323 g/mol. The van der Waals surface area contributed by atoms with Gasteiger partial charge in [0.1, 0.15) is 0 Å². The first kappa shape index (κ1) is 16.7. The molecule has 1 aromatic rings. The molecule has 2 N–H and O–H groups in total. The summed E-state index contributed by atoms with van der Waals surface area (Å²) in [6.45, 7) is 5.44. The molecular weight excluding hydrogens is 302 g/mol. The molecule has 2 heterocycles. The fourth-order valence-corrected chi connectivity index (χ4v) is 3.54. The number of primary amides is 1. The largest absolute Gasteiger partial charge is 0.374 e. The van der Waals surface area contributed by atoms with E-state index in [0.29, 0.717) is 12.2 Å². The summed E-state index contributed by atoms with van der Waals surface area (Å²) in [5, 5.41) is 0.826. The maximum atomic E-state index is 11.3. The molecule has 120 valence electrons. The van der Waals surface area contributed by atoms with Gasteiger partial charge in [-0.15, -0.1) is 0 Å². The molecule has 1 aliphatic carbocycles. The number of nitrogens with two attached hydrogens (primary N) is 1. The number of benzene rings is 1. The third-order valence-corrected chi connectivity index (χ3v) is 5.49. The topological polar surface area (TPSA) is 86.5 Å². The van der Waals surface area contributed by atoms with Crippen molar-refractivity contribution in [2.75, 3.05) is 0 Å². The molecule has 3 fully saturated rings. The van der Waals surface area contributed by atoms with Gasteiger partial charge in [0.2, 0.25) is 5.91 Å². The van der Waals surface area contributed by atoms with Crippen LogP contribution in [0.5, 0.6) is 0 Å². The van der Waals surface area contributed by atoms with Gasteiger partial charge in [-0.25, -0.2) is 8.42 Å². The highest BCUT2D eigenvalue weighted by molar-refractivity contribution is 7.94. The lowest BCUT2D eigenvalue weighted by Crippen LogP contribution is -2.28. The zero-order valence-electron chi connectivity index (χ0n) is 12.6. The summed E-state index contributed by atoms with van der Waals surface area (Å²) in [6.07, 6.45) is 5.37. The fourth-order valence-electron chi connectivity index (χ4n) is 2.79. The van der Waals surface area contributed by atoms with Gasteiger partial charge in [0.05, 0.1) is 17.1 Å². The maximum Gasteiger partial charge on any atom is 0.248 e. The number of ether oxygens (including phenoxy) is 1. The van der Waals surface area contributed by atoms with E-state index in [0.717, 1.165) is 11.3 Å². The lowest BCUT2D eigenvalue weighted by Gasteiger charge is -2.25. The molecule has 1 saturated carbocycles. The summed E-state index contributed by atoms with van der Waals surface area (Å²) in [5.41, 5.74) is 5.17. The number of sulfone groups is 1. The average Bonchev–Trinajstić information content (AvgIpc) is 3.07. The third-order valence-electron chi connectivity index (χ3n) is 4.14. The Bertz CT molecular complexity index is 662. The highest BCUT2D eigenvalue weighted by Crippen LogP contribution is 2.42. The molecule has 0 radical (unpaired) electrons. The Morgan fingerprint density at radius 3 is 2.55 bits per heavy atom. The number of fused-ring (bicyclic) bond motifs is 1. The van der Waals surface area contributed by atoms with Gasteiger partial charge in [0, 0.05) is 17.4 Å². The molecule has 2 saturated heterocycles. The van der Waals surface area contributed by atoms with E-state index in [2.05, 4.69) is 13.5 Å². The average molecular weight is 323 g/mol. The molecule has 5 nitrogen and oxygen atoms in total. The van der Waals surface area contributed by atoms with Crippen molar-refractivity contribution in [1.82, 2.24) is 0 Å².